The summed E-state index contributed by atoms with van der Waals surface area (Å²) in [4.78, 5) is 9.83. The van der Waals surface area contributed by atoms with E-state index in [1.165, 1.54) is 13.1 Å². The first kappa shape index (κ1) is 15.7. The third kappa shape index (κ3) is 3.14. The van der Waals surface area contributed by atoms with Crippen molar-refractivity contribution in [1.29, 1.82) is 0 Å². The molecule has 0 saturated heterocycles. The third-order valence-corrected chi connectivity index (χ3v) is 5.50. The predicted octanol–water partition coefficient (Wildman–Crippen LogP) is 0.568. The summed E-state index contributed by atoms with van der Waals surface area (Å²) in [5.74, 6) is 0.0969. The van der Waals surface area contributed by atoms with Crippen LogP contribution in [-0.2, 0) is 10.0 Å². The minimum absolute atomic E-state index is 0.0268. The van der Waals surface area contributed by atoms with E-state index in [1.54, 1.807) is 0 Å². The Morgan fingerprint density at radius 1 is 1.48 bits per heavy atom. The van der Waals surface area contributed by atoms with Crippen molar-refractivity contribution in [3.63, 3.8) is 0 Å². The first-order chi connectivity index (χ1) is 9.71. The first-order valence-corrected chi connectivity index (χ1v) is 7.84. The first-order valence-electron chi connectivity index (χ1n) is 6.40. The zero-order chi connectivity index (χ0) is 15.8. The monoisotopic (exact) mass is 315 g/mol. The van der Waals surface area contributed by atoms with Crippen LogP contribution < -0.4 is 5.73 Å². The number of aliphatic hydroxyl groups excluding tert-OH is 1. The van der Waals surface area contributed by atoms with E-state index in [1.807, 2.05) is 0 Å². The molecule has 8 nitrogen and oxygen atoms in total. The van der Waals surface area contributed by atoms with E-state index in [-0.39, 0.29) is 34.8 Å². The van der Waals surface area contributed by atoms with Gasteiger partial charge in [-0.15, -0.1) is 0 Å². The van der Waals surface area contributed by atoms with Crippen LogP contribution in [0.25, 0.3) is 0 Å². The highest BCUT2D eigenvalue weighted by Gasteiger charge is 2.33. The second-order valence-corrected chi connectivity index (χ2v) is 7.27. The van der Waals surface area contributed by atoms with Crippen LogP contribution in [0.5, 0.6) is 0 Å². The fourth-order valence-electron chi connectivity index (χ4n) is 2.34. The van der Waals surface area contributed by atoms with Crippen LogP contribution in [0.3, 0.4) is 0 Å². The standard InChI is InChI=1S/C12H17N3O5S/c1-14(7-8-4-10(16)5-8)21(19,20)12-6-9(15(17)18)2-3-11(12)13/h2-3,6,8,10,16H,4-5,7,13H2,1H3. The third-order valence-electron chi connectivity index (χ3n) is 3.62. The number of benzene rings is 1. The number of non-ortho nitro benzene ring substituents is 1. The van der Waals surface area contributed by atoms with Crippen LogP contribution in [0, 0.1) is 16.0 Å². The van der Waals surface area contributed by atoms with Gasteiger partial charge in [-0.3, -0.25) is 10.1 Å². The Hall–Kier alpha value is -1.71. The van der Waals surface area contributed by atoms with E-state index in [4.69, 9.17) is 5.73 Å². The molecule has 0 unspecified atom stereocenters. The number of hydrogen-bond acceptors (Lipinski definition) is 6. The molecule has 1 fully saturated rings. The molecule has 0 aliphatic heterocycles. The van der Waals surface area contributed by atoms with Crippen LogP contribution in [0.15, 0.2) is 23.1 Å². The van der Waals surface area contributed by atoms with Gasteiger partial charge in [-0.1, -0.05) is 0 Å². The van der Waals surface area contributed by atoms with Crippen molar-refractivity contribution in [2.75, 3.05) is 19.3 Å². The Bertz CT molecular complexity index is 655. The lowest BCUT2D eigenvalue weighted by molar-refractivity contribution is -0.385. The summed E-state index contributed by atoms with van der Waals surface area (Å²) in [6, 6.07) is 3.35. The molecule has 9 heteroatoms. The average Bonchev–Trinajstić information content (AvgIpc) is 2.36. The van der Waals surface area contributed by atoms with Gasteiger partial charge in [0, 0.05) is 25.7 Å². The number of aliphatic hydroxyl groups is 1. The van der Waals surface area contributed by atoms with Crippen LogP contribution in [-0.4, -0.2) is 42.4 Å². The van der Waals surface area contributed by atoms with Crippen LogP contribution in [0.1, 0.15) is 12.8 Å². The Labute approximate surface area is 122 Å². The molecule has 21 heavy (non-hydrogen) atoms. The maximum atomic E-state index is 12.4. The van der Waals surface area contributed by atoms with Gasteiger partial charge in [0.05, 0.1) is 16.7 Å². The van der Waals surface area contributed by atoms with Crippen molar-refractivity contribution < 1.29 is 18.4 Å². The minimum atomic E-state index is -3.89. The van der Waals surface area contributed by atoms with Gasteiger partial charge in [0.2, 0.25) is 10.0 Å². The van der Waals surface area contributed by atoms with Gasteiger partial charge in [0.25, 0.3) is 5.69 Å². The summed E-state index contributed by atoms with van der Waals surface area (Å²) < 4.78 is 26.0. The van der Waals surface area contributed by atoms with Crippen molar-refractivity contribution in [2.24, 2.45) is 5.92 Å². The molecule has 0 atom stereocenters. The van der Waals surface area contributed by atoms with Crippen molar-refractivity contribution in [2.45, 2.75) is 23.8 Å². The molecule has 3 N–H and O–H groups in total. The number of nitro benzene ring substituents is 1. The highest BCUT2D eigenvalue weighted by molar-refractivity contribution is 7.89. The van der Waals surface area contributed by atoms with Gasteiger partial charge >= 0.3 is 0 Å². The van der Waals surface area contributed by atoms with Gasteiger partial charge in [0.1, 0.15) is 4.90 Å². The molecule has 1 aliphatic rings. The summed E-state index contributed by atoms with van der Waals surface area (Å²) in [6.45, 7) is 0.252. The van der Waals surface area contributed by atoms with Crippen LogP contribution in [0.2, 0.25) is 0 Å². The van der Waals surface area contributed by atoms with Crippen molar-refractivity contribution in [3.8, 4) is 0 Å². The molecule has 1 aliphatic carbocycles. The van der Waals surface area contributed by atoms with E-state index < -0.39 is 14.9 Å². The number of nitrogens with zero attached hydrogens (tertiary/aromatic N) is 2. The zero-order valence-corrected chi connectivity index (χ0v) is 12.3. The van der Waals surface area contributed by atoms with Crippen LogP contribution >= 0.6 is 0 Å². The number of nitrogen functional groups attached to an aromatic ring is 1. The second kappa shape index (κ2) is 5.58. The lowest BCUT2D eigenvalue weighted by atomic mass is 9.82. The smallest absolute Gasteiger partial charge is 0.270 e. The molecule has 1 aromatic carbocycles. The van der Waals surface area contributed by atoms with Crippen molar-refractivity contribution in [1.82, 2.24) is 4.31 Å². The highest BCUT2D eigenvalue weighted by Crippen LogP contribution is 2.31. The molecule has 1 aromatic rings. The van der Waals surface area contributed by atoms with E-state index in [2.05, 4.69) is 0 Å². The Morgan fingerprint density at radius 3 is 2.62 bits per heavy atom. The molecule has 0 amide bonds. The summed E-state index contributed by atoms with van der Waals surface area (Å²) in [5.41, 5.74) is 5.29. The minimum Gasteiger partial charge on any atom is -0.398 e. The van der Waals surface area contributed by atoms with E-state index in [0.717, 1.165) is 16.4 Å². The molecule has 0 radical (unpaired) electrons. The van der Waals surface area contributed by atoms with Gasteiger partial charge < -0.3 is 10.8 Å². The van der Waals surface area contributed by atoms with Crippen LogP contribution in [0.4, 0.5) is 11.4 Å². The number of hydrogen-bond donors (Lipinski definition) is 2. The summed E-state index contributed by atoms with van der Waals surface area (Å²) >= 11 is 0. The largest absolute Gasteiger partial charge is 0.398 e. The fraction of sp³-hybridized carbons (Fsp3) is 0.500. The fourth-order valence-corrected chi connectivity index (χ4v) is 3.72. The topological polar surface area (TPSA) is 127 Å². The van der Waals surface area contributed by atoms with Gasteiger partial charge in [-0.25, -0.2) is 12.7 Å². The quantitative estimate of drug-likeness (QED) is 0.464. The molecule has 116 valence electrons. The molecular weight excluding hydrogens is 298 g/mol. The molecular formula is C12H17N3O5S. The summed E-state index contributed by atoms with van der Waals surface area (Å²) in [5, 5.41) is 20.0. The molecule has 2 rings (SSSR count). The Balaban J connectivity index is 2.26. The van der Waals surface area contributed by atoms with Gasteiger partial charge in [0.15, 0.2) is 0 Å². The zero-order valence-electron chi connectivity index (χ0n) is 11.5. The lowest BCUT2D eigenvalue weighted by Crippen LogP contribution is -2.39. The normalized spacial score (nSPS) is 22.0. The van der Waals surface area contributed by atoms with Gasteiger partial charge in [-0.2, -0.15) is 0 Å². The number of anilines is 1. The maximum Gasteiger partial charge on any atom is 0.270 e. The average molecular weight is 315 g/mol. The maximum absolute atomic E-state index is 12.4. The summed E-state index contributed by atoms with van der Waals surface area (Å²) in [7, 11) is -2.49. The van der Waals surface area contributed by atoms with Crippen molar-refractivity contribution in [3.05, 3.63) is 28.3 Å². The van der Waals surface area contributed by atoms with E-state index in [9.17, 15) is 23.6 Å². The predicted molar refractivity (Wildman–Crippen MR) is 76.1 cm³/mol. The second-order valence-electron chi connectivity index (χ2n) is 5.26. The Morgan fingerprint density at radius 2 is 2.10 bits per heavy atom. The van der Waals surface area contributed by atoms with Gasteiger partial charge in [-0.05, 0) is 24.8 Å². The lowest BCUT2D eigenvalue weighted by Gasteiger charge is -2.34. The SMILES string of the molecule is CN(CC1CC(O)C1)S(=O)(=O)c1cc([N+](=O)[O-])ccc1N. The molecule has 0 spiro atoms. The Kier molecular flexibility index (Phi) is 4.17. The summed E-state index contributed by atoms with van der Waals surface area (Å²) in [6.07, 6.45) is 0.753. The van der Waals surface area contributed by atoms with Crippen molar-refractivity contribution >= 4 is 21.4 Å². The molecule has 0 bridgehead atoms. The highest BCUT2D eigenvalue weighted by atomic mass is 32.2. The molecule has 0 heterocycles. The molecule has 1 saturated carbocycles. The number of rotatable bonds is 5. The molecule has 0 aromatic heterocycles. The number of nitro groups is 1. The number of sulfonamides is 1. The van der Waals surface area contributed by atoms with E-state index in [0.29, 0.717) is 12.8 Å². The van der Waals surface area contributed by atoms with E-state index >= 15 is 0 Å². The number of nitrogens with two attached hydrogens (primary N) is 1.